The maximum atomic E-state index is 13.9. The van der Waals surface area contributed by atoms with E-state index < -0.39 is 12.3 Å². The van der Waals surface area contributed by atoms with Crippen LogP contribution in [0.15, 0.2) is 72.8 Å². The summed E-state index contributed by atoms with van der Waals surface area (Å²) in [5.41, 5.74) is 5.51. The normalized spacial score (nSPS) is 24.0. The van der Waals surface area contributed by atoms with Crippen LogP contribution in [0.4, 0.5) is 0 Å². The topological polar surface area (TPSA) is 137 Å². The number of hydrogen-bond donors (Lipinski definition) is 4. The van der Waals surface area contributed by atoms with Crippen LogP contribution in [-0.4, -0.2) is 63.2 Å². The predicted octanol–water partition coefficient (Wildman–Crippen LogP) is 8.37. The predicted molar refractivity (Wildman–Crippen MR) is 221 cm³/mol. The number of benzene rings is 3. The van der Waals surface area contributed by atoms with Gasteiger partial charge in [0.2, 0.25) is 11.8 Å². The number of ether oxygens (including phenoxy) is 2. The van der Waals surface area contributed by atoms with Crippen molar-refractivity contribution >= 4 is 17.8 Å². The zero-order valence-electron chi connectivity index (χ0n) is 34.1. The number of rotatable bonds is 16. The summed E-state index contributed by atoms with van der Waals surface area (Å²) in [6, 6.07) is 24.6. The number of piperidine rings is 1. The number of aliphatic hydroxyl groups excluding tert-OH is 1. The SMILES string of the molecule is CC(C)(C)NC(=O)[C@H]1CC[C@H]2CCCC[C@H]2N1C[C@@H]1C[C@H](c2ccc(CO)cc2)O[C@H](c2cccc(-c3cccc(CNC(=O)CCCCCCC(=O)O)c3)c2)O1. The number of aliphatic carboxylic acids is 1. The fraction of sp³-hybridized carbons (Fsp3) is 0.553. The first-order valence-corrected chi connectivity index (χ1v) is 21.2. The van der Waals surface area contributed by atoms with Crippen molar-refractivity contribution in [1.82, 2.24) is 15.5 Å². The lowest BCUT2D eigenvalue weighted by atomic mass is 9.75. The minimum absolute atomic E-state index is 0.00736. The molecule has 3 aromatic carbocycles. The van der Waals surface area contributed by atoms with Crippen molar-refractivity contribution in [2.45, 2.75) is 154 Å². The summed E-state index contributed by atoms with van der Waals surface area (Å²) in [7, 11) is 0. The Morgan fingerprint density at radius 3 is 2.25 bits per heavy atom. The van der Waals surface area contributed by atoms with Gasteiger partial charge in [0.1, 0.15) is 0 Å². The number of carboxylic acids is 1. The quantitative estimate of drug-likeness (QED) is 0.107. The molecule has 308 valence electrons. The van der Waals surface area contributed by atoms with E-state index in [1.807, 2.05) is 69.3 Å². The number of carbonyl (C=O) groups excluding carboxylic acids is 2. The van der Waals surface area contributed by atoms with Gasteiger partial charge in [-0.2, -0.15) is 0 Å². The van der Waals surface area contributed by atoms with E-state index in [9.17, 15) is 19.5 Å². The molecule has 0 bridgehead atoms. The third-order valence-corrected chi connectivity index (χ3v) is 11.8. The Morgan fingerprint density at radius 1 is 0.789 bits per heavy atom. The summed E-state index contributed by atoms with van der Waals surface area (Å²) >= 11 is 0. The van der Waals surface area contributed by atoms with Crippen LogP contribution in [-0.2, 0) is 37.0 Å². The molecule has 0 aromatic heterocycles. The zero-order valence-corrected chi connectivity index (χ0v) is 34.1. The second-order valence-electron chi connectivity index (χ2n) is 17.4. The number of nitrogens with one attached hydrogen (secondary N) is 2. The molecule has 3 aliphatic rings. The lowest BCUT2D eigenvalue weighted by molar-refractivity contribution is -0.255. The third-order valence-electron chi connectivity index (χ3n) is 11.8. The summed E-state index contributed by atoms with van der Waals surface area (Å²) in [6.45, 7) is 7.18. The van der Waals surface area contributed by atoms with Gasteiger partial charge in [0.15, 0.2) is 6.29 Å². The molecule has 2 heterocycles. The molecular formula is C47H63N3O7. The molecule has 2 amide bonds. The van der Waals surface area contributed by atoms with Gasteiger partial charge in [-0.15, -0.1) is 0 Å². The minimum atomic E-state index is -0.778. The van der Waals surface area contributed by atoms with Crippen LogP contribution < -0.4 is 10.6 Å². The van der Waals surface area contributed by atoms with E-state index in [2.05, 4.69) is 39.8 Å². The first-order valence-electron chi connectivity index (χ1n) is 21.2. The monoisotopic (exact) mass is 781 g/mol. The van der Waals surface area contributed by atoms with Crippen molar-refractivity contribution in [3.05, 3.63) is 95.1 Å². The minimum Gasteiger partial charge on any atom is -0.481 e. The second kappa shape index (κ2) is 20.1. The highest BCUT2D eigenvalue weighted by molar-refractivity contribution is 5.82. The van der Waals surface area contributed by atoms with Crippen LogP contribution in [0.1, 0.15) is 139 Å². The van der Waals surface area contributed by atoms with Gasteiger partial charge in [0, 0.05) is 49.5 Å². The number of amides is 2. The van der Waals surface area contributed by atoms with Gasteiger partial charge in [0.25, 0.3) is 0 Å². The van der Waals surface area contributed by atoms with Crippen molar-refractivity contribution < 1.29 is 34.1 Å². The Morgan fingerprint density at radius 2 is 1.51 bits per heavy atom. The molecule has 1 saturated carbocycles. The fourth-order valence-corrected chi connectivity index (χ4v) is 8.93. The maximum Gasteiger partial charge on any atom is 0.303 e. The number of nitrogens with zero attached hydrogens (tertiary/aromatic N) is 1. The number of likely N-dealkylation sites (tertiary alicyclic amines) is 1. The number of hydrogen-bond acceptors (Lipinski definition) is 7. The van der Waals surface area contributed by atoms with E-state index in [4.69, 9.17) is 14.6 Å². The molecule has 2 aliphatic heterocycles. The van der Waals surface area contributed by atoms with Gasteiger partial charge in [0.05, 0.1) is 24.9 Å². The molecule has 2 saturated heterocycles. The van der Waals surface area contributed by atoms with Crippen LogP contribution in [0.3, 0.4) is 0 Å². The van der Waals surface area contributed by atoms with E-state index in [0.717, 1.165) is 71.9 Å². The van der Waals surface area contributed by atoms with Crippen LogP contribution >= 0.6 is 0 Å². The first-order chi connectivity index (χ1) is 27.5. The first kappa shape index (κ1) is 42.5. The lowest BCUT2D eigenvalue weighted by Crippen LogP contribution is -2.61. The summed E-state index contributed by atoms with van der Waals surface area (Å²) in [5, 5.41) is 24.9. The average Bonchev–Trinajstić information content (AvgIpc) is 3.20. The second-order valence-corrected chi connectivity index (χ2v) is 17.4. The molecule has 4 N–H and O–H groups in total. The van der Waals surface area contributed by atoms with E-state index in [1.165, 1.54) is 19.3 Å². The fourth-order valence-electron chi connectivity index (χ4n) is 8.93. The summed E-state index contributed by atoms with van der Waals surface area (Å²) in [5.74, 6) is -0.0883. The van der Waals surface area contributed by atoms with Crippen LogP contribution in [0.25, 0.3) is 11.1 Å². The van der Waals surface area contributed by atoms with Crippen molar-refractivity contribution in [2.24, 2.45) is 5.92 Å². The van der Waals surface area contributed by atoms with E-state index in [0.29, 0.717) is 44.3 Å². The highest BCUT2D eigenvalue weighted by atomic mass is 16.7. The van der Waals surface area contributed by atoms with Crippen LogP contribution in [0.2, 0.25) is 0 Å². The Balaban J connectivity index is 1.18. The number of unbranched alkanes of at least 4 members (excludes halogenated alkanes) is 3. The van der Waals surface area contributed by atoms with Gasteiger partial charge < -0.3 is 30.3 Å². The molecule has 3 fully saturated rings. The van der Waals surface area contributed by atoms with Gasteiger partial charge in [-0.1, -0.05) is 86.3 Å². The Labute approximate surface area is 338 Å². The number of aliphatic hydroxyl groups is 1. The molecule has 0 radical (unpaired) electrons. The van der Waals surface area contributed by atoms with E-state index in [-0.39, 0.29) is 48.6 Å². The van der Waals surface area contributed by atoms with E-state index in [1.54, 1.807) is 0 Å². The molecule has 0 unspecified atom stereocenters. The molecule has 1 aliphatic carbocycles. The van der Waals surface area contributed by atoms with Crippen molar-refractivity contribution in [3.8, 4) is 11.1 Å². The molecule has 10 heteroatoms. The Hall–Kier alpha value is -4.09. The molecule has 6 rings (SSSR count). The molecule has 3 aromatic rings. The zero-order chi connectivity index (χ0) is 40.4. The van der Waals surface area contributed by atoms with Gasteiger partial charge in [-0.25, -0.2) is 0 Å². The lowest BCUT2D eigenvalue weighted by Gasteiger charge is -2.50. The summed E-state index contributed by atoms with van der Waals surface area (Å²) < 4.78 is 13.7. The van der Waals surface area contributed by atoms with Gasteiger partial charge in [-0.05, 0) is 105 Å². The molecule has 57 heavy (non-hydrogen) atoms. The molecule has 6 atom stereocenters. The van der Waals surface area contributed by atoms with Crippen molar-refractivity contribution in [3.63, 3.8) is 0 Å². The summed E-state index contributed by atoms with van der Waals surface area (Å²) in [4.78, 5) is 39.6. The number of fused-ring (bicyclic) bond motifs is 1. The highest BCUT2D eigenvalue weighted by Gasteiger charge is 2.44. The van der Waals surface area contributed by atoms with Crippen molar-refractivity contribution in [1.29, 1.82) is 0 Å². The smallest absolute Gasteiger partial charge is 0.303 e. The maximum absolute atomic E-state index is 13.9. The average molecular weight is 782 g/mol. The Kier molecular flexibility index (Phi) is 15.0. The Bertz CT molecular complexity index is 1790. The van der Waals surface area contributed by atoms with Gasteiger partial charge in [-0.3, -0.25) is 19.3 Å². The standard InChI is InChI=1S/C47H63N3O7/c1-47(2,3)49-45(55)41-25-24-34-13-8-9-17-40(34)50(41)30-39-28-42(35-22-20-32(31-51)21-23-35)57-46(56-39)38-16-11-15-37(27-38)36-14-10-12-33(26-36)29-48-43(52)18-6-4-5-7-19-44(53)54/h10-12,14-16,20-23,26-27,34,39-42,46,51H,4-9,13,17-19,24-25,28-31H2,1-3H3,(H,48,52)(H,49,55)(H,53,54)/t34-,39+,40-,41-,42-,46-/m1/s1. The highest BCUT2D eigenvalue weighted by Crippen LogP contribution is 2.42. The van der Waals surface area contributed by atoms with Crippen LogP contribution in [0.5, 0.6) is 0 Å². The molecule has 0 spiro atoms. The number of carbonyl (C=O) groups is 3. The largest absolute Gasteiger partial charge is 0.481 e. The molecular weight excluding hydrogens is 719 g/mol. The summed E-state index contributed by atoms with van der Waals surface area (Å²) in [6.07, 6.45) is 9.90. The third kappa shape index (κ3) is 12.2. The number of carboxylic acid groups (broad SMARTS) is 1. The molecule has 10 nitrogen and oxygen atoms in total. The van der Waals surface area contributed by atoms with Crippen molar-refractivity contribution in [2.75, 3.05) is 6.54 Å². The van der Waals surface area contributed by atoms with Gasteiger partial charge >= 0.3 is 5.97 Å². The van der Waals surface area contributed by atoms with Crippen LogP contribution in [0, 0.1) is 5.92 Å². The van der Waals surface area contributed by atoms with E-state index >= 15 is 0 Å².